The Morgan fingerprint density at radius 3 is 3.00 bits per heavy atom. The van der Waals surface area contributed by atoms with Crippen LogP contribution in [0.2, 0.25) is 0 Å². The second kappa shape index (κ2) is 6.54. The van der Waals surface area contributed by atoms with Crippen LogP contribution in [0.1, 0.15) is 25.5 Å². The molecule has 1 fully saturated rings. The summed E-state index contributed by atoms with van der Waals surface area (Å²) in [6.07, 6.45) is 3.31. The van der Waals surface area contributed by atoms with E-state index < -0.39 is 15.1 Å². The van der Waals surface area contributed by atoms with Crippen LogP contribution >= 0.6 is 0 Å². The predicted molar refractivity (Wildman–Crippen MR) is 72.6 cm³/mol. The Balaban J connectivity index is 1.75. The maximum atomic E-state index is 12.1. The molecule has 0 bridgehead atoms. The molecule has 2 rings (SSSR count). The van der Waals surface area contributed by atoms with Gasteiger partial charge in [-0.2, -0.15) is 0 Å². The van der Waals surface area contributed by atoms with Crippen molar-refractivity contribution in [1.82, 2.24) is 5.32 Å². The Kier molecular flexibility index (Phi) is 5.01. The highest BCUT2D eigenvalue weighted by molar-refractivity contribution is 7.92. The number of furan rings is 1. The summed E-state index contributed by atoms with van der Waals surface area (Å²) < 4.78 is 34.8. The van der Waals surface area contributed by atoms with E-state index in [2.05, 4.69) is 5.32 Å². The van der Waals surface area contributed by atoms with E-state index in [4.69, 9.17) is 9.15 Å². The Hall–Kier alpha value is -0.850. The average Bonchev–Trinajstić information content (AvgIpc) is 3.01. The van der Waals surface area contributed by atoms with Crippen molar-refractivity contribution in [3.8, 4) is 0 Å². The molecule has 0 saturated carbocycles. The number of ether oxygens (including phenoxy) is 1. The molecule has 1 aromatic rings. The fourth-order valence-electron chi connectivity index (χ4n) is 2.14. The van der Waals surface area contributed by atoms with Crippen LogP contribution in [0.5, 0.6) is 0 Å². The lowest BCUT2D eigenvalue weighted by atomic mass is 10.3. The molecule has 0 radical (unpaired) electrons. The zero-order valence-corrected chi connectivity index (χ0v) is 12.0. The summed E-state index contributed by atoms with van der Waals surface area (Å²) in [5, 5.41) is 2.69. The number of sulfone groups is 1. The third-order valence-electron chi connectivity index (χ3n) is 3.37. The maximum absolute atomic E-state index is 12.1. The van der Waals surface area contributed by atoms with Crippen LogP contribution in [0, 0.1) is 0 Å². The van der Waals surface area contributed by atoms with Crippen molar-refractivity contribution in [3.05, 3.63) is 24.2 Å². The van der Waals surface area contributed by atoms with E-state index in [1.165, 1.54) is 0 Å². The van der Waals surface area contributed by atoms with Gasteiger partial charge in [0, 0.05) is 13.2 Å². The first kappa shape index (κ1) is 14.6. The molecule has 0 aliphatic carbocycles. The quantitative estimate of drug-likeness (QED) is 0.820. The molecule has 5 nitrogen and oxygen atoms in total. The van der Waals surface area contributed by atoms with Gasteiger partial charge in [-0.15, -0.1) is 0 Å². The highest BCUT2D eigenvalue weighted by Crippen LogP contribution is 2.16. The van der Waals surface area contributed by atoms with Gasteiger partial charge in [0.25, 0.3) is 0 Å². The first-order valence-electron chi connectivity index (χ1n) is 6.64. The van der Waals surface area contributed by atoms with Crippen molar-refractivity contribution in [2.24, 2.45) is 0 Å². The molecule has 1 aliphatic rings. The smallest absolute Gasteiger partial charge is 0.156 e. The van der Waals surface area contributed by atoms with Crippen LogP contribution in [0.3, 0.4) is 0 Å². The van der Waals surface area contributed by atoms with Crippen LogP contribution < -0.4 is 5.32 Å². The SMILES string of the molecule is CC(CNCc1ccco1)S(=O)(=O)CC1CCCO1. The third kappa shape index (κ3) is 4.33. The summed E-state index contributed by atoms with van der Waals surface area (Å²) in [5.74, 6) is 0.945. The average molecular weight is 287 g/mol. The maximum Gasteiger partial charge on any atom is 0.156 e. The molecule has 1 aliphatic heterocycles. The largest absolute Gasteiger partial charge is 0.468 e. The molecular formula is C13H21NO4S. The minimum absolute atomic E-state index is 0.113. The number of rotatable bonds is 7. The van der Waals surface area contributed by atoms with E-state index in [1.54, 1.807) is 13.2 Å². The molecular weight excluding hydrogens is 266 g/mol. The van der Waals surface area contributed by atoms with Crippen LogP contribution in [0.15, 0.2) is 22.8 Å². The second-order valence-corrected chi connectivity index (χ2v) is 7.45. The molecule has 0 spiro atoms. The molecule has 19 heavy (non-hydrogen) atoms. The lowest BCUT2D eigenvalue weighted by molar-refractivity contribution is 0.127. The van der Waals surface area contributed by atoms with Gasteiger partial charge in [0.1, 0.15) is 5.76 Å². The van der Waals surface area contributed by atoms with E-state index >= 15 is 0 Å². The summed E-state index contributed by atoms with van der Waals surface area (Å²) in [6.45, 7) is 3.40. The van der Waals surface area contributed by atoms with Gasteiger partial charge < -0.3 is 14.5 Å². The Morgan fingerprint density at radius 2 is 2.37 bits per heavy atom. The van der Waals surface area contributed by atoms with Gasteiger partial charge in [0.15, 0.2) is 9.84 Å². The molecule has 108 valence electrons. The van der Waals surface area contributed by atoms with Crippen molar-refractivity contribution in [2.45, 2.75) is 37.7 Å². The van der Waals surface area contributed by atoms with E-state index in [9.17, 15) is 8.42 Å². The molecule has 1 N–H and O–H groups in total. The molecule has 1 aromatic heterocycles. The van der Waals surface area contributed by atoms with Crippen molar-refractivity contribution in [1.29, 1.82) is 0 Å². The van der Waals surface area contributed by atoms with Crippen molar-refractivity contribution in [2.75, 3.05) is 18.9 Å². The fraction of sp³-hybridized carbons (Fsp3) is 0.692. The second-order valence-electron chi connectivity index (χ2n) is 4.99. The zero-order chi connectivity index (χ0) is 13.7. The summed E-state index contributed by atoms with van der Waals surface area (Å²) in [7, 11) is -3.10. The van der Waals surface area contributed by atoms with E-state index in [1.807, 2.05) is 12.1 Å². The van der Waals surface area contributed by atoms with Gasteiger partial charge in [-0.25, -0.2) is 8.42 Å². The highest BCUT2D eigenvalue weighted by Gasteiger charge is 2.27. The standard InChI is InChI=1S/C13H21NO4S/c1-11(8-14-9-12-4-2-6-17-12)19(15,16)10-13-5-3-7-18-13/h2,4,6,11,13-14H,3,5,7-10H2,1H3. The van der Waals surface area contributed by atoms with E-state index in [-0.39, 0.29) is 11.9 Å². The topological polar surface area (TPSA) is 68.5 Å². The minimum atomic E-state index is -3.10. The van der Waals surface area contributed by atoms with Gasteiger partial charge in [0.05, 0.1) is 29.9 Å². The lowest BCUT2D eigenvalue weighted by Gasteiger charge is -2.16. The van der Waals surface area contributed by atoms with Crippen LogP contribution in [-0.4, -0.2) is 38.7 Å². The molecule has 2 atom stereocenters. The number of hydrogen-bond donors (Lipinski definition) is 1. The van der Waals surface area contributed by atoms with Crippen molar-refractivity contribution < 1.29 is 17.6 Å². The number of hydrogen-bond acceptors (Lipinski definition) is 5. The monoisotopic (exact) mass is 287 g/mol. The summed E-state index contributed by atoms with van der Waals surface area (Å²) in [6, 6.07) is 3.67. The lowest BCUT2D eigenvalue weighted by Crippen LogP contribution is -2.35. The summed E-state index contributed by atoms with van der Waals surface area (Å²) in [4.78, 5) is 0. The van der Waals surface area contributed by atoms with Gasteiger partial charge in [-0.3, -0.25) is 0 Å². The Labute approximate surface area is 114 Å². The molecule has 2 heterocycles. The van der Waals surface area contributed by atoms with Gasteiger partial charge in [0.2, 0.25) is 0 Å². The van der Waals surface area contributed by atoms with E-state index in [0.717, 1.165) is 18.6 Å². The predicted octanol–water partition coefficient (Wildman–Crippen LogP) is 1.35. The van der Waals surface area contributed by atoms with Crippen molar-refractivity contribution in [3.63, 3.8) is 0 Å². The fourth-order valence-corrected chi connectivity index (χ4v) is 3.62. The number of nitrogens with one attached hydrogen (secondary N) is 1. The van der Waals surface area contributed by atoms with Gasteiger partial charge >= 0.3 is 0 Å². The summed E-state index contributed by atoms with van der Waals surface area (Å²) >= 11 is 0. The van der Waals surface area contributed by atoms with Crippen LogP contribution in [0.25, 0.3) is 0 Å². The van der Waals surface area contributed by atoms with Gasteiger partial charge in [-0.05, 0) is 31.9 Å². The Morgan fingerprint density at radius 1 is 1.53 bits per heavy atom. The normalized spacial score (nSPS) is 21.6. The Bertz CT molecular complexity index is 463. The van der Waals surface area contributed by atoms with Crippen LogP contribution in [-0.2, 0) is 21.1 Å². The third-order valence-corrected chi connectivity index (χ3v) is 5.60. The molecule has 0 amide bonds. The summed E-state index contributed by atoms with van der Waals surface area (Å²) in [5.41, 5.74) is 0. The highest BCUT2D eigenvalue weighted by atomic mass is 32.2. The molecule has 6 heteroatoms. The van der Waals surface area contributed by atoms with E-state index in [0.29, 0.717) is 19.7 Å². The van der Waals surface area contributed by atoms with Crippen LogP contribution in [0.4, 0.5) is 0 Å². The first-order chi connectivity index (χ1) is 9.08. The minimum Gasteiger partial charge on any atom is -0.468 e. The van der Waals surface area contributed by atoms with Gasteiger partial charge in [-0.1, -0.05) is 0 Å². The zero-order valence-electron chi connectivity index (χ0n) is 11.2. The molecule has 2 unspecified atom stereocenters. The molecule has 1 saturated heterocycles. The van der Waals surface area contributed by atoms with Crippen molar-refractivity contribution >= 4 is 9.84 Å². The first-order valence-corrected chi connectivity index (χ1v) is 8.36. The molecule has 0 aromatic carbocycles.